The molecule has 3 aliphatic rings. The third-order valence-electron chi connectivity index (χ3n) is 6.05. The lowest BCUT2D eigenvalue weighted by Gasteiger charge is -2.38. The molecule has 1 aromatic carbocycles. The summed E-state index contributed by atoms with van der Waals surface area (Å²) in [5.74, 6) is 0.0862. The molecule has 6 heteroatoms. The second-order valence-corrected chi connectivity index (χ2v) is 7.91. The number of ether oxygens (including phenoxy) is 1. The Morgan fingerprint density at radius 2 is 1.93 bits per heavy atom. The number of fused-ring (bicyclic) bond motifs is 1. The number of amides is 2. The highest BCUT2D eigenvalue weighted by atomic mass is 16.5. The van der Waals surface area contributed by atoms with Crippen molar-refractivity contribution in [1.29, 1.82) is 0 Å². The number of nitrogens with zero attached hydrogens (tertiary/aromatic N) is 3. The molecule has 3 aliphatic heterocycles. The number of benzene rings is 1. The summed E-state index contributed by atoms with van der Waals surface area (Å²) in [4.78, 5) is 31.2. The van der Waals surface area contributed by atoms with Crippen molar-refractivity contribution in [3.8, 4) is 0 Å². The zero-order valence-corrected chi connectivity index (χ0v) is 16.5. The van der Waals surface area contributed by atoms with E-state index in [1.54, 1.807) is 11.8 Å². The number of hydrogen-bond acceptors (Lipinski definition) is 4. The van der Waals surface area contributed by atoms with Gasteiger partial charge in [-0.25, -0.2) is 0 Å². The van der Waals surface area contributed by atoms with Crippen molar-refractivity contribution < 1.29 is 14.3 Å². The third kappa shape index (κ3) is 4.13. The molecule has 6 nitrogen and oxygen atoms in total. The first kappa shape index (κ1) is 19.2. The molecule has 2 amide bonds. The molecule has 150 valence electrons. The van der Waals surface area contributed by atoms with E-state index in [0.29, 0.717) is 12.5 Å². The van der Waals surface area contributed by atoms with Gasteiger partial charge >= 0.3 is 0 Å². The largest absolute Gasteiger partial charge is 0.377 e. The van der Waals surface area contributed by atoms with E-state index in [-0.39, 0.29) is 17.9 Å². The predicted octanol–water partition coefficient (Wildman–Crippen LogP) is 2.27. The molecular formula is C22H29N3O3. The number of piperazine rings is 1. The van der Waals surface area contributed by atoms with Gasteiger partial charge in [-0.2, -0.15) is 0 Å². The van der Waals surface area contributed by atoms with Crippen LogP contribution >= 0.6 is 0 Å². The van der Waals surface area contributed by atoms with Crippen LogP contribution in [0.25, 0.3) is 6.08 Å². The van der Waals surface area contributed by atoms with E-state index < -0.39 is 0 Å². The van der Waals surface area contributed by atoms with Gasteiger partial charge in [0.2, 0.25) is 11.8 Å². The summed E-state index contributed by atoms with van der Waals surface area (Å²) in [6, 6.07) is 7.78. The average molecular weight is 383 g/mol. The second-order valence-electron chi connectivity index (χ2n) is 7.91. The normalized spacial score (nSPS) is 25.0. The van der Waals surface area contributed by atoms with Crippen molar-refractivity contribution >= 4 is 17.9 Å². The van der Waals surface area contributed by atoms with Gasteiger partial charge in [0.25, 0.3) is 0 Å². The van der Waals surface area contributed by atoms with Gasteiger partial charge < -0.3 is 14.5 Å². The molecule has 3 heterocycles. The average Bonchev–Trinajstić information content (AvgIpc) is 3.21. The number of carbonyl (C=O) groups excluding carboxylic acids is 2. The fourth-order valence-electron chi connectivity index (χ4n) is 4.46. The molecule has 2 atom stereocenters. The molecule has 0 spiro atoms. The van der Waals surface area contributed by atoms with Crippen molar-refractivity contribution in [1.82, 2.24) is 14.7 Å². The van der Waals surface area contributed by atoms with Crippen molar-refractivity contribution in [2.45, 2.75) is 38.3 Å². The minimum absolute atomic E-state index is 0.0371. The van der Waals surface area contributed by atoms with Crippen molar-refractivity contribution in [3.63, 3.8) is 0 Å². The maximum Gasteiger partial charge on any atom is 0.225 e. The quantitative estimate of drug-likeness (QED) is 0.800. The maximum absolute atomic E-state index is 13.0. The van der Waals surface area contributed by atoms with E-state index in [0.717, 1.165) is 63.3 Å². The van der Waals surface area contributed by atoms with E-state index >= 15 is 0 Å². The van der Waals surface area contributed by atoms with Crippen LogP contribution in [-0.4, -0.2) is 71.9 Å². The summed E-state index contributed by atoms with van der Waals surface area (Å²) in [5, 5.41) is 0. The molecule has 0 aromatic heterocycles. The second kappa shape index (κ2) is 8.45. The predicted molar refractivity (Wildman–Crippen MR) is 107 cm³/mol. The Kier molecular flexibility index (Phi) is 5.78. The fraction of sp³-hybridized carbons (Fsp3) is 0.545. The molecule has 1 aromatic rings. The van der Waals surface area contributed by atoms with Crippen molar-refractivity contribution in [2.75, 3.05) is 39.3 Å². The molecular weight excluding hydrogens is 354 g/mol. The molecule has 2 fully saturated rings. The van der Waals surface area contributed by atoms with E-state index in [9.17, 15) is 9.59 Å². The summed E-state index contributed by atoms with van der Waals surface area (Å²) in [6.45, 7) is 6.69. The number of rotatable bonds is 4. The zero-order chi connectivity index (χ0) is 19.5. The molecule has 0 aliphatic carbocycles. The lowest BCUT2D eigenvalue weighted by Crippen LogP contribution is -2.51. The summed E-state index contributed by atoms with van der Waals surface area (Å²) >= 11 is 0. The van der Waals surface area contributed by atoms with E-state index in [1.165, 1.54) is 0 Å². The molecule has 0 N–H and O–H groups in total. The number of hydrogen-bond donors (Lipinski definition) is 0. The maximum atomic E-state index is 13.0. The van der Waals surface area contributed by atoms with Gasteiger partial charge in [0.15, 0.2) is 0 Å². The van der Waals surface area contributed by atoms with Crippen molar-refractivity contribution in [3.05, 3.63) is 41.6 Å². The first-order valence-corrected chi connectivity index (χ1v) is 10.3. The van der Waals surface area contributed by atoms with Crippen LogP contribution in [0.4, 0.5) is 0 Å². The SMILES string of the molecule is CC(=O)N1C=Cc2ccccc2C1CC(=O)N1CCN(CC2CCCO2)CC1. The van der Waals surface area contributed by atoms with Crippen LogP contribution in [0.2, 0.25) is 0 Å². The molecule has 2 unspecified atom stereocenters. The Hall–Kier alpha value is -2.18. The number of carbonyl (C=O) groups is 2. The van der Waals surface area contributed by atoms with E-state index in [4.69, 9.17) is 4.74 Å². The first-order valence-electron chi connectivity index (χ1n) is 10.3. The van der Waals surface area contributed by atoms with Crippen LogP contribution in [-0.2, 0) is 14.3 Å². The fourth-order valence-corrected chi connectivity index (χ4v) is 4.46. The van der Waals surface area contributed by atoms with E-state index in [1.807, 2.05) is 41.4 Å². The van der Waals surface area contributed by atoms with Gasteiger partial charge in [0.05, 0.1) is 18.6 Å². The van der Waals surface area contributed by atoms with Crippen molar-refractivity contribution in [2.24, 2.45) is 0 Å². The Labute approximate surface area is 166 Å². The lowest BCUT2D eigenvalue weighted by molar-refractivity contribution is -0.136. The highest BCUT2D eigenvalue weighted by molar-refractivity contribution is 5.82. The molecule has 0 radical (unpaired) electrons. The van der Waals surface area contributed by atoms with Gasteiger partial charge in [0, 0.05) is 52.5 Å². The summed E-state index contributed by atoms with van der Waals surface area (Å²) in [5.41, 5.74) is 2.13. The van der Waals surface area contributed by atoms with Gasteiger partial charge in [-0.05, 0) is 30.0 Å². The minimum Gasteiger partial charge on any atom is -0.377 e. The smallest absolute Gasteiger partial charge is 0.225 e. The van der Waals surface area contributed by atoms with Gasteiger partial charge in [-0.3, -0.25) is 14.5 Å². The summed E-state index contributed by atoms with van der Waals surface area (Å²) < 4.78 is 5.73. The van der Waals surface area contributed by atoms with Crippen LogP contribution in [0, 0.1) is 0 Å². The zero-order valence-electron chi connectivity index (χ0n) is 16.5. The highest BCUT2D eigenvalue weighted by Gasteiger charge is 2.31. The Morgan fingerprint density at radius 3 is 2.64 bits per heavy atom. The summed E-state index contributed by atoms with van der Waals surface area (Å²) in [7, 11) is 0. The topological polar surface area (TPSA) is 53.1 Å². The van der Waals surface area contributed by atoms with Gasteiger partial charge in [-0.15, -0.1) is 0 Å². The molecule has 4 rings (SSSR count). The Morgan fingerprint density at radius 1 is 1.14 bits per heavy atom. The van der Waals surface area contributed by atoms with Crippen LogP contribution in [0.3, 0.4) is 0 Å². The van der Waals surface area contributed by atoms with E-state index in [2.05, 4.69) is 4.90 Å². The van der Waals surface area contributed by atoms with Crippen LogP contribution in [0.1, 0.15) is 43.4 Å². The molecule has 28 heavy (non-hydrogen) atoms. The molecule has 2 saturated heterocycles. The first-order chi connectivity index (χ1) is 13.6. The minimum atomic E-state index is -0.226. The van der Waals surface area contributed by atoms with Crippen LogP contribution in [0.5, 0.6) is 0 Å². The lowest BCUT2D eigenvalue weighted by atomic mass is 9.93. The third-order valence-corrected chi connectivity index (χ3v) is 6.05. The highest BCUT2D eigenvalue weighted by Crippen LogP contribution is 2.33. The monoisotopic (exact) mass is 383 g/mol. The van der Waals surface area contributed by atoms with Gasteiger partial charge in [-0.1, -0.05) is 24.3 Å². The molecule has 0 saturated carbocycles. The Bertz CT molecular complexity index is 749. The van der Waals surface area contributed by atoms with Gasteiger partial charge in [0.1, 0.15) is 0 Å². The van der Waals surface area contributed by atoms with Crippen LogP contribution < -0.4 is 0 Å². The standard InChI is InChI=1S/C22H29N3O3/c1-17(26)25-9-8-18-5-2-3-7-20(18)21(25)15-22(27)24-12-10-23(11-13-24)16-19-6-4-14-28-19/h2-3,5,7-9,19,21H,4,6,10-16H2,1H3. The Balaban J connectivity index is 1.37. The molecule has 0 bridgehead atoms. The summed E-state index contributed by atoms with van der Waals surface area (Å²) in [6.07, 6.45) is 6.75. The van der Waals surface area contributed by atoms with Crippen LogP contribution in [0.15, 0.2) is 30.5 Å².